The summed E-state index contributed by atoms with van der Waals surface area (Å²) in [6.07, 6.45) is 42.7. The lowest BCUT2D eigenvalue weighted by Crippen LogP contribution is -2.43. The van der Waals surface area contributed by atoms with Crippen molar-refractivity contribution in [2.24, 2.45) is 21.8 Å². The van der Waals surface area contributed by atoms with Gasteiger partial charge >= 0.3 is 0 Å². The van der Waals surface area contributed by atoms with Crippen LogP contribution >= 0.6 is 0 Å². The normalized spacial score (nSPS) is 28.6. The van der Waals surface area contributed by atoms with E-state index in [2.05, 4.69) is 144 Å². The highest BCUT2D eigenvalue weighted by Crippen LogP contribution is 2.56. The molecule has 3 aliphatic heterocycles. The van der Waals surface area contributed by atoms with Crippen molar-refractivity contribution in [3.63, 3.8) is 0 Å². The molecule has 2 aromatic carbocycles. The van der Waals surface area contributed by atoms with Gasteiger partial charge < -0.3 is 15.0 Å². The Bertz CT molecular complexity index is 2400. The molecule has 5 nitrogen and oxygen atoms in total. The van der Waals surface area contributed by atoms with Crippen molar-refractivity contribution in [2.45, 2.75) is 82.4 Å². The minimum atomic E-state index is -0.235. The SMILES string of the molecule is C1=CCCC(C2=CC(C3N=C(C4=CC=CCC4)N=C(C4C=CCCC4)N3)=C(c3cccc4c3C3C=CC5=C(C3O4)N(c3ccccc3)C3=CC=CCC35)CC2)=C1. The first-order valence-corrected chi connectivity index (χ1v) is 21.0. The van der Waals surface area contributed by atoms with Crippen LogP contribution in [0.1, 0.15) is 81.3 Å². The molecule has 0 saturated heterocycles. The van der Waals surface area contributed by atoms with Gasteiger partial charge in [-0.25, -0.2) is 9.98 Å². The molecule has 5 atom stereocenters. The van der Waals surface area contributed by atoms with E-state index < -0.39 is 0 Å². The molecule has 0 radical (unpaired) electrons. The number of fused-ring (bicyclic) bond motifs is 6. The van der Waals surface area contributed by atoms with E-state index in [4.69, 9.17) is 14.7 Å². The molecule has 0 spiro atoms. The van der Waals surface area contributed by atoms with Crippen molar-refractivity contribution in [1.29, 1.82) is 0 Å². The van der Waals surface area contributed by atoms with E-state index in [0.29, 0.717) is 5.92 Å². The van der Waals surface area contributed by atoms with Crippen LogP contribution in [0.3, 0.4) is 0 Å². The number of anilines is 1. The van der Waals surface area contributed by atoms with E-state index in [9.17, 15) is 0 Å². The maximum absolute atomic E-state index is 7.17. The summed E-state index contributed by atoms with van der Waals surface area (Å²) in [5.74, 6) is 3.67. The van der Waals surface area contributed by atoms with Crippen LogP contribution in [0.25, 0.3) is 5.57 Å². The summed E-state index contributed by atoms with van der Waals surface area (Å²) in [6.45, 7) is 0. The molecule has 5 heteroatoms. The first-order chi connectivity index (χ1) is 27.8. The molecule has 1 N–H and O–H groups in total. The number of benzene rings is 2. The molecular weight excluding hydrogens is 685 g/mol. The molecule has 0 fully saturated rings. The maximum atomic E-state index is 7.17. The van der Waals surface area contributed by atoms with Crippen LogP contribution in [0.5, 0.6) is 5.75 Å². The molecule has 5 unspecified atom stereocenters. The van der Waals surface area contributed by atoms with Gasteiger partial charge in [0.25, 0.3) is 0 Å². The fraction of sp³-hybridized carbons (Fsp3) is 0.294. The summed E-state index contributed by atoms with van der Waals surface area (Å²) >= 11 is 0. The maximum Gasteiger partial charge on any atom is 0.154 e. The third kappa shape index (κ3) is 5.74. The molecule has 0 amide bonds. The first kappa shape index (κ1) is 33.6. The van der Waals surface area contributed by atoms with Crippen LogP contribution in [0, 0.1) is 11.8 Å². The fourth-order valence-corrected chi connectivity index (χ4v) is 10.4. The number of nitrogens with one attached hydrogen (secondary N) is 1. The second-order valence-corrected chi connectivity index (χ2v) is 16.3. The molecular formula is C51H48N4O. The zero-order valence-corrected chi connectivity index (χ0v) is 31.9. The molecule has 0 bridgehead atoms. The van der Waals surface area contributed by atoms with Crippen LogP contribution in [0.4, 0.5) is 5.69 Å². The molecule has 9 aliphatic rings. The summed E-state index contributed by atoms with van der Waals surface area (Å²) in [4.78, 5) is 13.3. The number of amidine groups is 2. The Labute approximate surface area is 330 Å². The van der Waals surface area contributed by atoms with Crippen molar-refractivity contribution >= 4 is 22.9 Å². The van der Waals surface area contributed by atoms with Crippen molar-refractivity contribution in [3.05, 3.63) is 184 Å². The highest BCUT2D eigenvalue weighted by Gasteiger charge is 2.48. The van der Waals surface area contributed by atoms with Crippen LogP contribution < -0.4 is 15.0 Å². The van der Waals surface area contributed by atoms with Crippen molar-refractivity contribution in [3.8, 4) is 5.75 Å². The Kier molecular flexibility index (Phi) is 8.48. The van der Waals surface area contributed by atoms with E-state index in [1.807, 2.05) is 0 Å². The third-order valence-corrected chi connectivity index (χ3v) is 13.1. The van der Waals surface area contributed by atoms with Gasteiger partial charge in [0, 0.05) is 40.3 Å². The number of nitrogens with zero attached hydrogens (tertiary/aromatic N) is 3. The number of allylic oxidation sites excluding steroid dienone is 15. The first-order valence-electron chi connectivity index (χ1n) is 21.0. The van der Waals surface area contributed by atoms with Gasteiger partial charge in [-0.2, -0.15) is 0 Å². The van der Waals surface area contributed by atoms with Gasteiger partial charge in [-0.1, -0.05) is 109 Å². The summed E-state index contributed by atoms with van der Waals surface area (Å²) in [7, 11) is 0. The van der Waals surface area contributed by atoms with Crippen molar-refractivity contribution in [1.82, 2.24) is 5.32 Å². The molecule has 56 heavy (non-hydrogen) atoms. The number of ether oxygens (including phenoxy) is 1. The van der Waals surface area contributed by atoms with E-state index >= 15 is 0 Å². The lowest BCUT2D eigenvalue weighted by Gasteiger charge is -2.33. The van der Waals surface area contributed by atoms with Gasteiger partial charge in [0.15, 0.2) is 5.84 Å². The Hall–Kier alpha value is -5.68. The molecule has 0 saturated carbocycles. The molecule has 2 aromatic rings. The van der Waals surface area contributed by atoms with Gasteiger partial charge in [-0.15, -0.1) is 0 Å². The molecule has 11 rings (SSSR count). The van der Waals surface area contributed by atoms with Crippen molar-refractivity contribution in [2.75, 3.05) is 4.90 Å². The number of rotatable bonds is 6. The average Bonchev–Trinajstić information content (AvgIpc) is 3.84. The van der Waals surface area contributed by atoms with Gasteiger partial charge in [0.2, 0.25) is 0 Å². The zero-order valence-electron chi connectivity index (χ0n) is 31.9. The van der Waals surface area contributed by atoms with Gasteiger partial charge in [-0.05, 0) is 122 Å². The minimum absolute atomic E-state index is 0.101. The predicted molar refractivity (Wildman–Crippen MR) is 229 cm³/mol. The highest BCUT2D eigenvalue weighted by atomic mass is 16.5. The molecule has 278 valence electrons. The van der Waals surface area contributed by atoms with Crippen molar-refractivity contribution < 1.29 is 4.74 Å². The minimum Gasteiger partial charge on any atom is -0.483 e. The largest absolute Gasteiger partial charge is 0.483 e. The van der Waals surface area contributed by atoms with E-state index in [1.54, 1.807) is 0 Å². The standard InChI is InChI=1S/C51H48N4O/c1-5-16-33(17-6-1)36-28-29-38(43(32-36)51-53-49(34-18-7-2-8-19-34)52-50(54-51)35-20-9-3-10-21-35)40-25-15-27-45-46(40)42-31-30-41-39-24-13-14-26-44(39)55(47(41)48(42)56-45)37-22-11-4-12-23-37/h1-2,4-5,7,9,11-16,18,20,22-23,25-27,30-32,35,39,42,48,51H,3,6,8,10,17,19,21,24,28-29H2,(H,52,53,54). The average molecular weight is 733 g/mol. The Morgan fingerprint density at radius 3 is 2.43 bits per heavy atom. The van der Waals surface area contributed by atoms with Gasteiger partial charge in [0.05, 0.1) is 5.70 Å². The number of hydrogen-bond acceptors (Lipinski definition) is 5. The summed E-state index contributed by atoms with van der Waals surface area (Å²) < 4.78 is 7.17. The summed E-state index contributed by atoms with van der Waals surface area (Å²) in [6, 6.07) is 17.6. The highest BCUT2D eigenvalue weighted by molar-refractivity contribution is 6.09. The summed E-state index contributed by atoms with van der Waals surface area (Å²) in [5, 5.41) is 3.95. The summed E-state index contributed by atoms with van der Waals surface area (Å²) in [5.41, 5.74) is 14.6. The van der Waals surface area contributed by atoms with Crippen LogP contribution in [-0.4, -0.2) is 23.9 Å². The van der Waals surface area contributed by atoms with E-state index in [-0.39, 0.29) is 24.1 Å². The van der Waals surface area contributed by atoms with Crippen LogP contribution in [0.2, 0.25) is 0 Å². The second kappa shape index (κ2) is 14.1. The number of aliphatic imine (C=N–C) groups is 2. The Morgan fingerprint density at radius 1 is 0.750 bits per heavy atom. The lowest BCUT2D eigenvalue weighted by molar-refractivity contribution is 0.252. The van der Waals surface area contributed by atoms with E-state index in [0.717, 1.165) is 75.2 Å². The Morgan fingerprint density at radius 2 is 1.61 bits per heavy atom. The van der Waals surface area contributed by atoms with Crippen LogP contribution in [-0.2, 0) is 0 Å². The van der Waals surface area contributed by atoms with Gasteiger partial charge in [0.1, 0.15) is 23.9 Å². The monoisotopic (exact) mass is 732 g/mol. The zero-order chi connectivity index (χ0) is 37.0. The quantitative estimate of drug-likeness (QED) is 0.301. The van der Waals surface area contributed by atoms with Gasteiger partial charge in [-0.3, -0.25) is 0 Å². The smallest absolute Gasteiger partial charge is 0.154 e. The fourth-order valence-electron chi connectivity index (χ4n) is 10.4. The molecule has 6 aliphatic carbocycles. The van der Waals surface area contributed by atoms with Crippen LogP contribution in [0.15, 0.2) is 183 Å². The van der Waals surface area contributed by atoms with E-state index in [1.165, 1.54) is 68.1 Å². The molecule has 0 aromatic heterocycles. The predicted octanol–water partition coefficient (Wildman–Crippen LogP) is 11.4. The third-order valence-electron chi connectivity index (χ3n) is 13.1. The topological polar surface area (TPSA) is 49.2 Å². The Balaban J connectivity index is 1.04. The second-order valence-electron chi connectivity index (χ2n) is 16.3. The molecule has 3 heterocycles. The number of hydrogen-bond donors (Lipinski definition) is 1. The lowest BCUT2D eigenvalue weighted by atomic mass is 9.77. The number of para-hydroxylation sites is 1.